The highest BCUT2D eigenvalue weighted by molar-refractivity contribution is 7.89. The molecule has 2 amide bonds. The highest BCUT2D eigenvalue weighted by atomic mass is 32.2. The minimum Gasteiger partial charge on any atom is -0.383 e. The second-order valence-corrected chi connectivity index (χ2v) is 11.8. The molecule has 1 fully saturated rings. The van der Waals surface area contributed by atoms with Gasteiger partial charge in [-0.25, -0.2) is 22.5 Å². The van der Waals surface area contributed by atoms with Crippen LogP contribution in [0.15, 0.2) is 47.5 Å². The first-order valence-corrected chi connectivity index (χ1v) is 13.5. The molecular weight excluding hydrogens is 478 g/mol. The van der Waals surface area contributed by atoms with Crippen molar-refractivity contribution in [2.45, 2.75) is 36.6 Å². The molecule has 2 aliphatic rings. The van der Waals surface area contributed by atoms with E-state index in [1.165, 1.54) is 18.4 Å². The average molecular weight is 510 g/mol. The number of nitrogens with two attached hydrogens (primary N) is 1. The van der Waals surface area contributed by atoms with Gasteiger partial charge in [0, 0.05) is 68.7 Å². The van der Waals surface area contributed by atoms with Gasteiger partial charge in [0.25, 0.3) is 0 Å². The van der Waals surface area contributed by atoms with Crippen molar-refractivity contribution in [3.8, 4) is 22.4 Å². The van der Waals surface area contributed by atoms with Crippen LogP contribution < -0.4 is 11.1 Å². The molecule has 10 nitrogen and oxygen atoms in total. The summed E-state index contributed by atoms with van der Waals surface area (Å²) in [6.45, 7) is 4.78. The average Bonchev–Trinajstić information content (AvgIpc) is 3.56. The number of aromatic nitrogens is 3. The Hall–Kier alpha value is -3.44. The van der Waals surface area contributed by atoms with Gasteiger partial charge < -0.3 is 16.0 Å². The molecule has 1 spiro atoms. The Labute approximate surface area is 211 Å². The molecule has 1 saturated heterocycles. The smallest absolute Gasteiger partial charge is 0.317 e. The normalized spacial score (nSPS) is 19.3. The third-order valence-corrected chi connectivity index (χ3v) is 9.08. The molecule has 1 unspecified atom stereocenters. The van der Waals surface area contributed by atoms with Gasteiger partial charge in [-0.1, -0.05) is 12.1 Å². The Morgan fingerprint density at radius 2 is 1.86 bits per heavy atom. The first-order chi connectivity index (χ1) is 17.1. The molecule has 36 heavy (non-hydrogen) atoms. The SMILES string of the molecule is CCNC(=O)N1CCC2(CCn3nc(-c4cnc(N)c(-c5ccc(S(=O)(=O)N(C)C)cc5)c4)cc32)C1. The summed E-state index contributed by atoms with van der Waals surface area (Å²) in [6, 6.07) is 10.7. The number of benzene rings is 1. The zero-order chi connectivity index (χ0) is 25.7. The Bertz CT molecular complexity index is 1420. The van der Waals surface area contributed by atoms with E-state index >= 15 is 0 Å². The Balaban J connectivity index is 1.43. The number of nitrogen functional groups attached to an aromatic ring is 1. The fraction of sp³-hybridized carbons (Fsp3) is 0.400. The maximum Gasteiger partial charge on any atom is 0.317 e. The number of fused-ring (bicyclic) bond motifs is 2. The van der Waals surface area contributed by atoms with Crippen LogP contribution >= 0.6 is 0 Å². The number of urea groups is 1. The number of hydrogen-bond donors (Lipinski definition) is 2. The number of carbonyl (C=O) groups is 1. The number of pyridine rings is 1. The van der Waals surface area contributed by atoms with Crippen LogP contribution in [0.3, 0.4) is 0 Å². The standard InChI is InChI=1S/C25H31N7O3S/c1-4-27-24(33)31-11-9-25(16-31)10-12-32-22(25)14-21(29-32)18-13-20(23(26)28-15-18)17-5-7-19(8-6-17)36(34,35)30(2)3/h5-8,13-15H,4,9-12,16H2,1-3H3,(H2,26,28)(H,27,33). The van der Waals surface area contributed by atoms with Gasteiger partial charge >= 0.3 is 6.03 Å². The first kappa shape index (κ1) is 24.3. The molecule has 3 N–H and O–H groups in total. The van der Waals surface area contributed by atoms with Crippen LogP contribution in [0.1, 0.15) is 25.5 Å². The number of sulfonamides is 1. The van der Waals surface area contributed by atoms with Crippen molar-refractivity contribution in [3.05, 3.63) is 48.3 Å². The maximum absolute atomic E-state index is 12.4. The molecule has 1 atom stereocenters. The summed E-state index contributed by atoms with van der Waals surface area (Å²) < 4.78 is 28.0. The molecule has 11 heteroatoms. The number of hydrogen-bond acceptors (Lipinski definition) is 6. The molecule has 190 valence electrons. The zero-order valence-electron chi connectivity index (χ0n) is 20.7. The van der Waals surface area contributed by atoms with Crippen molar-refractivity contribution in [3.63, 3.8) is 0 Å². The van der Waals surface area contributed by atoms with Gasteiger partial charge in [0.15, 0.2) is 0 Å². The van der Waals surface area contributed by atoms with Crippen molar-refractivity contribution < 1.29 is 13.2 Å². The summed E-state index contributed by atoms with van der Waals surface area (Å²) in [7, 11) is -0.506. The van der Waals surface area contributed by atoms with E-state index < -0.39 is 10.0 Å². The Morgan fingerprint density at radius 1 is 1.14 bits per heavy atom. The van der Waals surface area contributed by atoms with Crippen molar-refractivity contribution in [2.75, 3.05) is 39.5 Å². The molecule has 2 aliphatic heterocycles. The van der Waals surface area contributed by atoms with Gasteiger partial charge in [0.05, 0.1) is 10.6 Å². The molecule has 0 saturated carbocycles. The Morgan fingerprint density at radius 3 is 2.56 bits per heavy atom. The lowest BCUT2D eigenvalue weighted by Crippen LogP contribution is -2.40. The quantitative estimate of drug-likeness (QED) is 0.544. The van der Waals surface area contributed by atoms with Gasteiger partial charge in [-0.15, -0.1) is 0 Å². The molecule has 5 rings (SSSR count). The van der Waals surface area contributed by atoms with Crippen molar-refractivity contribution in [2.24, 2.45) is 0 Å². The molecule has 4 heterocycles. The fourth-order valence-electron chi connectivity index (χ4n) is 5.19. The predicted octanol–water partition coefficient (Wildman–Crippen LogP) is 2.52. The summed E-state index contributed by atoms with van der Waals surface area (Å²) >= 11 is 0. The molecule has 3 aromatic rings. The molecule has 1 aromatic carbocycles. The van der Waals surface area contributed by atoms with Crippen LogP contribution in [-0.2, 0) is 22.0 Å². The van der Waals surface area contributed by atoms with Crippen molar-refractivity contribution >= 4 is 21.9 Å². The van der Waals surface area contributed by atoms with E-state index in [0.717, 1.165) is 48.4 Å². The molecule has 2 aromatic heterocycles. The number of anilines is 1. The van der Waals surface area contributed by atoms with Gasteiger partial charge in [-0.2, -0.15) is 5.10 Å². The number of rotatable bonds is 5. The van der Waals surface area contributed by atoms with E-state index in [4.69, 9.17) is 10.8 Å². The van der Waals surface area contributed by atoms with E-state index in [0.29, 0.717) is 24.5 Å². The van der Waals surface area contributed by atoms with Gasteiger partial charge in [0.2, 0.25) is 10.0 Å². The van der Waals surface area contributed by atoms with E-state index in [9.17, 15) is 13.2 Å². The van der Waals surface area contributed by atoms with E-state index in [1.54, 1.807) is 30.5 Å². The summed E-state index contributed by atoms with van der Waals surface area (Å²) in [5.41, 5.74) is 10.4. The van der Waals surface area contributed by atoms with Crippen LogP contribution in [0, 0.1) is 0 Å². The largest absolute Gasteiger partial charge is 0.383 e. The highest BCUT2D eigenvalue weighted by Gasteiger charge is 2.46. The third-order valence-electron chi connectivity index (χ3n) is 7.25. The van der Waals surface area contributed by atoms with E-state index in [1.807, 2.05) is 22.6 Å². The zero-order valence-corrected chi connectivity index (χ0v) is 21.5. The number of amides is 2. The molecule has 0 bridgehead atoms. The second-order valence-electron chi connectivity index (χ2n) is 9.64. The lowest BCUT2D eigenvalue weighted by Gasteiger charge is -2.23. The maximum atomic E-state index is 12.4. The monoisotopic (exact) mass is 509 g/mol. The summed E-state index contributed by atoms with van der Waals surface area (Å²) in [5, 5.41) is 7.75. The lowest BCUT2D eigenvalue weighted by molar-refractivity contribution is 0.206. The minimum absolute atomic E-state index is 0.00987. The second kappa shape index (κ2) is 8.90. The number of likely N-dealkylation sites (tertiary alicyclic amines) is 1. The number of nitrogens with one attached hydrogen (secondary N) is 1. The van der Waals surface area contributed by atoms with E-state index in [2.05, 4.69) is 16.4 Å². The van der Waals surface area contributed by atoms with Gasteiger partial charge in [-0.3, -0.25) is 4.68 Å². The number of aryl methyl sites for hydroxylation is 1. The number of nitrogens with zero attached hydrogens (tertiary/aromatic N) is 5. The number of carbonyl (C=O) groups excluding carboxylic acids is 1. The van der Waals surface area contributed by atoms with Gasteiger partial charge in [0.1, 0.15) is 5.82 Å². The van der Waals surface area contributed by atoms with Crippen LogP contribution in [0.25, 0.3) is 22.4 Å². The van der Waals surface area contributed by atoms with Crippen molar-refractivity contribution in [1.29, 1.82) is 0 Å². The molecular formula is C25H31N7O3S. The Kier molecular flexibility index (Phi) is 6.00. The van der Waals surface area contributed by atoms with Crippen LogP contribution in [0.2, 0.25) is 0 Å². The van der Waals surface area contributed by atoms with Crippen LogP contribution in [0.4, 0.5) is 10.6 Å². The summed E-state index contributed by atoms with van der Waals surface area (Å²) in [6.07, 6.45) is 3.60. The predicted molar refractivity (Wildman–Crippen MR) is 138 cm³/mol. The topological polar surface area (TPSA) is 126 Å². The summed E-state index contributed by atoms with van der Waals surface area (Å²) in [4.78, 5) is 18.9. The molecule has 0 radical (unpaired) electrons. The first-order valence-electron chi connectivity index (χ1n) is 12.0. The molecule has 0 aliphatic carbocycles. The van der Waals surface area contributed by atoms with Crippen LogP contribution in [0.5, 0.6) is 0 Å². The van der Waals surface area contributed by atoms with Crippen molar-refractivity contribution in [1.82, 2.24) is 29.3 Å². The lowest BCUT2D eigenvalue weighted by atomic mass is 9.82. The van der Waals surface area contributed by atoms with Gasteiger partial charge in [-0.05, 0) is 49.6 Å². The minimum atomic E-state index is -3.51. The highest BCUT2D eigenvalue weighted by Crippen LogP contribution is 2.44. The van der Waals surface area contributed by atoms with Crippen LogP contribution in [-0.4, -0.2) is 72.1 Å². The third kappa shape index (κ3) is 4.01. The fourth-order valence-corrected chi connectivity index (χ4v) is 6.09. The summed E-state index contributed by atoms with van der Waals surface area (Å²) in [5.74, 6) is 0.360. The van der Waals surface area contributed by atoms with E-state index in [-0.39, 0.29) is 16.3 Å².